The van der Waals surface area contributed by atoms with Crippen LogP contribution < -0.4 is 0 Å². The van der Waals surface area contributed by atoms with Gasteiger partial charge in [-0.15, -0.1) is 0 Å². The molecule has 1 aliphatic rings. The molecule has 1 atom stereocenters. The Labute approximate surface area is 122 Å². The second-order valence-electron chi connectivity index (χ2n) is 4.75. The molecule has 5 heteroatoms. The average molecular weight is 285 g/mol. The average Bonchev–Trinajstić information content (AvgIpc) is 3.08. The van der Waals surface area contributed by atoms with Crippen LogP contribution >= 0.6 is 0 Å². The van der Waals surface area contributed by atoms with Gasteiger partial charge in [-0.1, -0.05) is 18.2 Å². The highest BCUT2D eigenvalue weighted by molar-refractivity contribution is 6.03. The molecular weight excluding hydrogens is 270 g/mol. The van der Waals surface area contributed by atoms with Crippen molar-refractivity contribution >= 4 is 11.9 Å². The summed E-state index contributed by atoms with van der Waals surface area (Å²) < 4.78 is 10.4. The summed E-state index contributed by atoms with van der Waals surface area (Å²) in [5.41, 5.74) is 1.23. The molecule has 108 valence electrons. The third-order valence-electron chi connectivity index (χ3n) is 3.47. The maximum atomic E-state index is 12.5. The van der Waals surface area contributed by atoms with Gasteiger partial charge in [0.1, 0.15) is 5.76 Å². The molecule has 2 heterocycles. The molecule has 1 amide bonds. The van der Waals surface area contributed by atoms with Crippen LogP contribution in [-0.2, 0) is 16.1 Å². The standard InChI is InChI=1S/C16H15NO4/c1-2-20-16(19)14-12-7-3-4-8-13(12)15(18)17(14)10-11-6-5-9-21-11/h3-9,14H,2,10H2,1H3. The summed E-state index contributed by atoms with van der Waals surface area (Å²) >= 11 is 0. The minimum Gasteiger partial charge on any atom is -0.467 e. The number of benzene rings is 1. The SMILES string of the molecule is CCOC(=O)C1c2ccccc2C(=O)N1Cc1ccco1. The summed E-state index contributed by atoms with van der Waals surface area (Å²) in [5, 5.41) is 0. The van der Waals surface area contributed by atoms with E-state index in [1.165, 1.54) is 4.90 Å². The molecule has 0 spiro atoms. The maximum Gasteiger partial charge on any atom is 0.333 e. The predicted molar refractivity (Wildman–Crippen MR) is 74.4 cm³/mol. The number of hydrogen-bond donors (Lipinski definition) is 0. The van der Waals surface area contributed by atoms with Crippen molar-refractivity contribution in [3.8, 4) is 0 Å². The van der Waals surface area contributed by atoms with Gasteiger partial charge in [0, 0.05) is 5.56 Å². The zero-order valence-electron chi connectivity index (χ0n) is 11.6. The number of fused-ring (bicyclic) bond motifs is 1. The lowest BCUT2D eigenvalue weighted by atomic mass is 10.1. The monoisotopic (exact) mass is 285 g/mol. The number of hydrogen-bond acceptors (Lipinski definition) is 4. The molecule has 0 bridgehead atoms. The number of carbonyl (C=O) groups is 2. The van der Waals surface area contributed by atoms with Crippen LogP contribution in [0.5, 0.6) is 0 Å². The first-order valence-corrected chi connectivity index (χ1v) is 6.81. The molecule has 1 aromatic heterocycles. The van der Waals surface area contributed by atoms with Crippen molar-refractivity contribution in [2.45, 2.75) is 19.5 Å². The third-order valence-corrected chi connectivity index (χ3v) is 3.47. The van der Waals surface area contributed by atoms with Gasteiger partial charge >= 0.3 is 5.97 Å². The summed E-state index contributed by atoms with van der Waals surface area (Å²) in [4.78, 5) is 26.3. The zero-order chi connectivity index (χ0) is 14.8. The Balaban J connectivity index is 1.97. The van der Waals surface area contributed by atoms with Crippen LogP contribution in [0.25, 0.3) is 0 Å². The first-order chi connectivity index (χ1) is 10.2. The van der Waals surface area contributed by atoms with E-state index < -0.39 is 12.0 Å². The van der Waals surface area contributed by atoms with Crippen molar-refractivity contribution in [3.63, 3.8) is 0 Å². The van der Waals surface area contributed by atoms with Gasteiger partial charge in [-0.2, -0.15) is 0 Å². The van der Waals surface area contributed by atoms with E-state index in [1.807, 2.05) is 6.07 Å². The van der Waals surface area contributed by atoms with Crippen LogP contribution in [0.1, 0.15) is 34.6 Å². The first-order valence-electron chi connectivity index (χ1n) is 6.81. The Morgan fingerprint density at radius 2 is 2.10 bits per heavy atom. The molecular formula is C16H15NO4. The van der Waals surface area contributed by atoms with E-state index in [0.29, 0.717) is 16.9 Å². The number of furan rings is 1. The largest absolute Gasteiger partial charge is 0.467 e. The predicted octanol–water partition coefficient (Wildman–Crippen LogP) is 2.54. The van der Waals surface area contributed by atoms with Gasteiger partial charge in [0.2, 0.25) is 0 Å². The molecule has 3 rings (SSSR count). The minimum absolute atomic E-state index is 0.181. The lowest BCUT2D eigenvalue weighted by Crippen LogP contribution is -2.33. The second kappa shape index (κ2) is 5.44. The summed E-state index contributed by atoms with van der Waals surface area (Å²) in [7, 11) is 0. The Hall–Kier alpha value is -2.56. The summed E-state index contributed by atoms with van der Waals surface area (Å²) in [6, 6.07) is 9.94. The molecule has 5 nitrogen and oxygen atoms in total. The molecule has 0 fully saturated rings. The van der Waals surface area contributed by atoms with Gasteiger partial charge in [-0.25, -0.2) is 4.79 Å². The van der Waals surface area contributed by atoms with Crippen LogP contribution in [0.15, 0.2) is 47.1 Å². The molecule has 1 aliphatic heterocycles. The molecule has 0 aliphatic carbocycles. The van der Waals surface area contributed by atoms with Crippen LogP contribution in [0.4, 0.5) is 0 Å². The van der Waals surface area contributed by atoms with Crippen molar-refractivity contribution in [1.29, 1.82) is 0 Å². The number of nitrogens with zero attached hydrogens (tertiary/aromatic N) is 1. The summed E-state index contributed by atoms with van der Waals surface area (Å²) in [5.74, 6) is 0.0351. The maximum absolute atomic E-state index is 12.5. The smallest absolute Gasteiger partial charge is 0.333 e. The molecule has 1 unspecified atom stereocenters. The first kappa shape index (κ1) is 13.4. The van der Waals surface area contributed by atoms with E-state index in [2.05, 4.69) is 0 Å². The van der Waals surface area contributed by atoms with Gasteiger partial charge < -0.3 is 14.1 Å². The third kappa shape index (κ3) is 2.31. The number of carbonyl (C=O) groups excluding carboxylic acids is 2. The van der Waals surface area contributed by atoms with Gasteiger partial charge in [-0.3, -0.25) is 4.79 Å². The molecule has 0 saturated carbocycles. The number of esters is 1. The van der Waals surface area contributed by atoms with Crippen molar-refractivity contribution in [2.24, 2.45) is 0 Å². The highest BCUT2D eigenvalue weighted by atomic mass is 16.5. The lowest BCUT2D eigenvalue weighted by Gasteiger charge is -2.22. The van der Waals surface area contributed by atoms with Crippen molar-refractivity contribution in [3.05, 3.63) is 59.5 Å². The Morgan fingerprint density at radius 1 is 1.29 bits per heavy atom. The van der Waals surface area contributed by atoms with Crippen LogP contribution in [0.2, 0.25) is 0 Å². The molecule has 21 heavy (non-hydrogen) atoms. The topological polar surface area (TPSA) is 59.8 Å². The van der Waals surface area contributed by atoms with E-state index in [9.17, 15) is 9.59 Å². The van der Waals surface area contributed by atoms with Crippen LogP contribution in [-0.4, -0.2) is 23.4 Å². The quantitative estimate of drug-likeness (QED) is 0.810. The normalized spacial score (nSPS) is 16.9. The highest BCUT2D eigenvalue weighted by Gasteiger charge is 2.42. The Kier molecular flexibility index (Phi) is 3.48. The van der Waals surface area contributed by atoms with E-state index in [-0.39, 0.29) is 19.1 Å². The zero-order valence-corrected chi connectivity index (χ0v) is 11.6. The fourth-order valence-corrected chi connectivity index (χ4v) is 2.58. The summed E-state index contributed by atoms with van der Waals surface area (Å²) in [6.07, 6.45) is 1.54. The van der Waals surface area contributed by atoms with Gasteiger partial charge in [-0.05, 0) is 30.7 Å². The lowest BCUT2D eigenvalue weighted by molar-refractivity contribution is -0.148. The number of amides is 1. The fraction of sp³-hybridized carbons (Fsp3) is 0.250. The molecule has 1 aromatic carbocycles. The van der Waals surface area contributed by atoms with E-state index in [1.54, 1.807) is 43.5 Å². The second-order valence-corrected chi connectivity index (χ2v) is 4.75. The van der Waals surface area contributed by atoms with Gasteiger partial charge in [0.15, 0.2) is 6.04 Å². The molecule has 2 aromatic rings. The Bertz CT molecular complexity index is 663. The minimum atomic E-state index is -0.709. The van der Waals surface area contributed by atoms with Crippen molar-refractivity contribution in [2.75, 3.05) is 6.61 Å². The van der Waals surface area contributed by atoms with E-state index in [4.69, 9.17) is 9.15 Å². The van der Waals surface area contributed by atoms with Crippen LogP contribution in [0.3, 0.4) is 0 Å². The van der Waals surface area contributed by atoms with Gasteiger partial charge in [0.25, 0.3) is 5.91 Å². The Morgan fingerprint density at radius 3 is 2.81 bits per heavy atom. The van der Waals surface area contributed by atoms with Crippen molar-refractivity contribution in [1.82, 2.24) is 4.90 Å². The fourth-order valence-electron chi connectivity index (χ4n) is 2.58. The number of rotatable bonds is 4. The van der Waals surface area contributed by atoms with E-state index in [0.717, 1.165) is 0 Å². The van der Waals surface area contributed by atoms with E-state index >= 15 is 0 Å². The molecule has 0 N–H and O–H groups in total. The van der Waals surface area contributed by atoms with Crippen LogP contribution in [0, 0.1) is 0 Å². The summed E-state index contributed by atoms with van der Waals surface area (Å²) in [6.45, 7) is 2.27. The number of ether oxygens (including phenoxy) is 1. The van der Waals surface area contributed by atoms with Gasteiger partial charge in [0.05, 0.1) is 19.4 Å². The molecule has 0 saturated heterocycles. The molecule has 0 radical (unpaired) electrons. The highest BCUT2D eigenvalue weighted by Crippen LogP contribution is 2.35. The van der Waals surface area contributed by atoms with Crippen molar-refractivity contribution < 1.29 is 18.7 Å².